The van der Waals surface area contributed by atoms with Gasteiger partial charge in [0.25, 0.3) is 0 Å². The fourth-order valence-electron chi connectivity index (χ4n) is 8.71. The molecule has 0 saturated heterocycles. The van der Waals surface area contributed by atoms with Gasteiger partial charge in [0.05, 0.1) is 25.9 Å². The van der Waals surface area contributed by atoms with E-state index in [9.17, 15) is 30.0 Å². The van der Waals surface area contributed by atoms with E-state index < -0.39 is 0 Å². The van der Waals surface area contributed by atoms with Gasteiger partial charge in [-0.2, -0.15) is 0 Å². The fraction of sp³-hybridized carbons (Fsp3) is 0.815. The molecule has 66 heavy (non-hydrogen) atoms. The first-order valence-electron chi connectivity index (χ1n) is 27.0. The summed E-state index contributed by atoms with van der Waals surface area (Å²) in [5.74, 6) is 0.380. The van der Waals surface area contributed by atoms with E-state index in [4.69, 9.17) is 9.47 Å². The van der Waals surface area contributed by atoms with Crippen molar-refractivity contribution in [2.45, 2.75) is 258 Å². The van der Waals surface area contributed by atoms with E-state index in [0.29, 0.717) is 24.3 Å². The topological polar surface area (TPSA) is 143 Å². The largest absolute Gasteiger partial charge is 0.494 e. The maximum absolute atomic E-state index is 12.3. The summed E-state index contributed by atoms with van der Waals surface area (Å²) in [4.78, 5) is 24.6. The zero-order valence-corrected chi connectivity index (χ0v) is 43.6. The summed E-state index contributed by atoms with van der Waals surface area (Å²) < 4.78 is 13.5. The molecule has 0 atom stereocenters. The number of nitrogens with zero attached hydrogens (tertiary/aromatic N) is 2. The molecule has 0 fully saturated rings. The van der Waals surface area contributed by atoms with Gasteiger partial charge in [0.2, 0.25) is 0 Å². The number of rotatable bonds is 47. The van der Waals surface area contributed by atoms with Crippen LogP contribution in [0.2, 0.25) is 0 Å². The summed E-state index contributed by atoms with van der Waals surface area (Å²) in [6.07, 6.45) is 43.8. The summed E-state index contributed by atoms with van der Waals surface area (Å²) in [7, 11) is 2.96. The third kappa shape index (κ3) is 30.0. The van der Waals surface area contributed by atoms with Crippen LogP contribution in [0.15, 0.2) is 12.1 Å². The first-order valence-corrected chi connectivity index (χ1v) is 29.5. The van der Waals surface area contributed by atoms with E-state index in [1.54, 1.807) is 12.1 Å². The third-order valence-electron chi connectivity index (χ3n) is 12.9. The van der Waals surface area contributed by atoms with E-state index in [1.807, 2.05) is 0 Å². The Morgan fingerprint density at radius 1 is 0.424 bits per heavy atom. The second kappa shape index (κ2) is 41.4. The number of aromatic hydroxyl groups is 4. The number of carbonyl (C=O) groups is 2. The second-order valence-electron chi connectivity index (χ2n) is 18.7. The van der Waals surface area contributed by atoms with Gasteiger partial charge in [-0.25, -0.2) is 0 Å². The molecule has 0 radical (unpaired) electrons. The summed E-state index contributed by atoms with van der Waals surface area (Å²) in [5, 5.41) is 42.2. The summed E-state index contributed by atoms with van der Waals surface area (Å²) >= 11 is 0. The van der Waals surface area contributed by atoms with Gasteiger partial charge in [0.1, 0.15) is 13.2 Å². The molecule has 0 aromatic carbocycles. The first kappa shape index (κ1) is 59.5. The number of ether oxygens (including phenoxy) is 2. The molecule has 0 bridgehead atoms. The maximum Gasteiger partial charge on any atom is 0.306 e. The minimum atomic E-state index is -0.355. The van der Waals surface area contributed by atoms with Crippen molar-refractivity contribution >= 4 is 33.5 Å². The SMILES string of the molecule is CCCCCCCCCCCCCCCCCCc1cc(O)n(CCOC(=O)CCSSCCC(=O)OCCn2c(O)cc(CCCCCCCCCCCCCCCCCC)c2O)c1O. The Morgan fingerprint density at radius 2 is 0.682 bits per heavy atom. The Morgan fingerprint density at radius 3 is 0.955 bits per heavy atom. The van der Waals surface area contributed by atoms with Crippen molar-refractivity contribution in [3.8, 4) is 23.5 Å². The molecule has 2 rings (SSSR count). The van der Waals surface area contributed by atoms with Crippen LogP contribution in [0.25, 0.3) is 0 Å². The summed E-state index contributed by atoms with van der Waals surface area (Å²) in [5.41, 5.74) is 1.45. The lowest BCUT2D eigenvalue weighted by molar-refractivity contribution is -0.144. The maximum atomic E-state index is 12.3. The first-order chi connectivity index (χ1) is 32.3. The monoisotopic (exact) mass is 965 g/mol. The van der Waals surface area contributed by atoms with Crippen LogP contribution < -0.4 is 0 Å². The van der Waals surface area contributed by atoms with Crippen LogP contribution in [0.3, 0.4) is 0 Å². The van der Waals surface area contributed by atoms with Crippen LogP contribution in [-0.4, -0.2) is 66.2 Å². The predicted octanol–water partition coefficient (Wildman–Crippen LogP) is 15.7. The Balaban J connectivity index is 1.42. The molecule has 2 heterocycles. The van der Waals surface area contributed by atoms with Gasteiger partial charge >= 0.3 is 11.9 Å². The van der Waals surface area contributed by atoms with Gasteiger partial charge < -0.3 is 29.9 Å². The minimum Gasteiger partial charge on any atom is -0.494 e. The van der Waals surface area contributed by atoms with E-state index in [-0.39, 0.29) is 74.6 Å². The van der Waals surface area contributed by atoms with Gasteiger partial charge in [-0.3, -0.25) is 18.7 Å². The quantitative estimate of drug-likeness (QED) is 0.0288. The molecule has 0 unspecified atom stereocenters. The van der Waals surface area contributed by atoms with Gasteiger partial charge in [0, 0.05) is 34.8 Å². The lowest BCUT2D eigenvalue weighted by atomic mass is 10.0. The molecular weight excluding hydrogens is 869 g/mol. The number of carbonyl (C=O) groups excluding carboxylic acids is 2. The molecule has 0 aliphatic carbocycles. The number of esters is 2. The standard InChI is InChI=1S/C54H96N2O8S2/c1-3-5-7-9-11-13-15-17-19-21-23-25-27-29-31-33-35-47-45-49(57)55(53(47)61)39-41-63-51(59)37-43-65-66-44-38-52(60)64-42-40-56-50(58)46-48(54(56)62)36-34-32-30-28-26-24-22-20-18-16-14-12-10-8-6-4-2/h45-46,57-58,61-62H,3-44H2,1-2H3. The highest BCUT2D eigenvalue weighted by atomic mass is 33.1. The highest BCUT2D eigenvalue weighted by Gasteiger charge is 2.16. The average Bonchev–Trinajstić information content (AvgIpc) is 3.73. The van der Waals surface area contributed by atoms with Crippen molar-refractivity contribution in [1.29, 1.82) is 0 Å². The van der Waals surface area contributed by atoms with Crippen molar-refractivity contribution < 1.29 is 39.5 Å². The molecule has 2 aromatic heterocycles. The van der Waals surface area contributed by atoms with Gasteiger partial charge in [0.15, 0.2) is 23.5 Å². The Bertz CT molecular complexity index is 1370. The predicted molar refractivity (Wildman–Crippen MR) is 278 cm³/mol. The fourth-order valence-corrected chi connectivity index (χ4v) is 10.7. The summed E-state index contributed by atoms with van der Waals surface area (Å²) in [6.45, 7) is 5.00. The molecule has 0 aliphatic rings. The van der Waals surface area contributed by atoms with Crippen LogP contribution in [0.4, 0.5) is 0 Å². The van der Waals surface area contributed by atoms with Gasteiger partial charge in [-0.15, -0.1) is 0 Å². The molecule has 4 N–H and O–H groups in total. The Kier molecular flexibility index (Phi) is 37.3. The van der Waals surface area contributed by atoms with Crippen LogP contribution in [-0.2, 0) is 45.0 Å². The Labute approximate surface area is 409 Å². The molecule has 0 amide bonds. The third-order valence-corrected chi connectivity index (χ3v) is 15.3. The van der Waals surface area contributed by atoms with Crippen LogP contribution in [0.1, 0.15) is 243 Å². The zero-order chi connectivity index (χ0) is 47.7. The lowest BCUT2D eigenvalue weighted by Gasteiger charge is -2.09. The van der Waals surface area contributed by atoms with E-state index in [1.165, 1.54) is 211 Å². The molecule has 2 aromatic rings. The van der Waals surface area contributed by atoms with Crippen LogP contribution >= 0.6 is 21.6 Å². The number of unbranched alkanes of at least 4 members (excludes halogenated alkanes) is 30. The van der Waals surface area contributed by atoms with Gasteiger partial charge in [-0.05, 0) is 25.7 Å². The lowest BCUT2D eigenvalue weighted by Crippen LogP contribution is -2.12. The number of aromatic nitrogens is 2. The Hall–Kier alpha value is -2.60. The van der Waals surface area contributed by atoms with Crippen molar-refractivity contribution in [3.05, 3.63) is 23.3 Å². The molecule has 0 saturated carbocycles. The average molecular weight is 966 g/mol. The molecule has 12 heteroatoms. The minimum absolute atomic E-state index is 0.0217. The highest BCUT2D eigenvalue weighted by molar-refractivity contribution is 8.76. The molecular formula is C54H96N2O8S2. The summed E-state index contributed by atoms with van der Waals surface area (Å²) in [6, 6.07) is 3.23. The zero-order valence-electron chi connectivity index (χ0n) is 42.0. The second-order valence-corrected chi connectivity index (χ2v) is 21.4. The van der Waals surface area contributed by atoms with Crippen molar-refractivity contribution in [3.63, 3.8) is 0 Å². The van der Waals surface area contributed by atoms with Crippen molar-refractivity contribution in [1.82, 2.24) is 9.13 Å². The normalized spacial score (nSPS) is 11.5. The molecule has 382 valence electrons. The van der Waals surface area contributed by atoms with Crippen molar-refractivity contribution in [2.75, 3.05) is 24.7 Å². The van der Waals surface area contributed by atoms with Crippen LogP contribution in [0, 0.1) is 0 Å². The van der Waals surface area contributed by atoms with E-state index in [0.717, 1.165) is 36.8 Å². The van der Waals surface area contributed by atoms with Crippen molar-refractivity contribution in [2.24, 2.45) is 0 Å². The number of hydrogen-bond donors (Lipinski definition) is 4. The highest BCUT2D eigenvalue weighted by Crippen LogP contribution is 2.31. The van der Waals surface area contributed by atoms with E-state index in [2.05, 4.69) is 13.8 Å². The molecule has 10 nitrogen and oxygen atoms in total. The molecule has 0 aliphatic heterocycles. The van der Waals surface area contributed by atoms with Gasteiger partial charge in [-0.1, -0.05) is 228 Å². The van der Waals surface area contributed by atoms with E-state index >= 15 is 0 Å². The molecule has 0 spiro atoms. The smallest absolute Gasteiger partial charge is 0.306 e. The number of hydrogen-bond acceptors (Lipinski definition) is 10. The van der Waals surface area contributed by atoms with Crippen LogP contribution in [0.5, 0.6) is 23.5 Å². The number of aryl methyl sites for hydroxylation is 2.